The Labute approximate surface area is 136 Å². The van der Waals surface area contributed by atoms with E-state index in [1.165, 1.54) is 0 Å². The second-order valence-electron chi connectivity index (χ2n) is 5.36. The Morgan fingerprint density at radius 2 is 2.04 bits per heavy atom. The molecule has 0 saturated heterocycles. The van der Waals surface area contributed by atoms with E-state index in [1.807, 2.05) is 45.0 Å². The van der Waals surface area contributed by atoms with Gasteiger partial charge in [0.25, 0.3) is 5.91 Å². The Kier molecular flexibility index (Phi) is 5.26. The molecule has 1 aromatic carbocycles. The summed E-state index contributed by atoms with van der Waals surface area (Å²) in [5, 5.41) is 7.12. The molecule has 1 heterocycles. The smallest absolute Gasteiger partial charge is 0.265 e. The van der Waals surface area contributed by atoms with E-state index in [4.69, 9.17) is 9.47 Å². The van der Waals surface area contributed by atoms with Gasteiger partial charge in [-0.2, -0.15) is 5.10 Å². The number of aryl methyl sites for hydroxylation is 3. The fourth-order valence-corrected chi connectivity index (χ4v) is 2.38. The van der Waals surface area contributed by atoms with Crippen LogP contribution in [0.4, 0.5) is 5.69 Å². The first-order chi connectivity index (χ1) is 11.0. The zero-order valence-corrected chi connectivity index (χ0v) is 14.2. The second kappa shape index (κ2) is 7.17. The predicted molar refractivity (Wildman–Crippen MR) is 89.0 cm³/mol. The molecule has 23 heavy (non-hydrogen) atoms. The van der Waals surface area contributed by atoms with Crippen molar-refractivity contribution in [2.45, 2.75) is 33.3 Å². The van der Waals surface area contributed by atoms with Gasteiger partial charge in [-0.15, -0.1) is 0 Å². The number of para-hydroxylation sites is 1. The minimum Gasteiger partial charge on any atom is -0.480 e. The van der Waals surface area contributed by atoms with Crippen LogP contribution in [0.2, 0.25) is 0 Å². The van der Waals surface area contributed by atoms with Crippen molar-refractivity contribution in [2.24, 2.45) is 7.05 Å². The number of methoxy groups -OCH3 is 1. The number of nitrogens with zero attached hydrogens (tertiary/aromatic N) is 2. The Morgan fingerprint density at radius 1 is 1.35 bits per heavy atom. The molecule has 1 N–H and O–H groups in total. The summed E-state index contributed by atoms with van der Waals surface area (Å²) < 4.78 is 12.8. The average Bonchev–Trinajstić information content (AvgIpc) is 2.79. The predicted octanol–water partition coefficient (Wildman–Crippen LogP) is 2.84. The van der Waals surface area contributed by atoms with Crippen molar-refractivity contribution in [1.82, 2.24) is 9.78 Å². The number of hydrogen-bond donors (Lipinski definition) is 1. The van der Waals surface area contributed by atoms with Gasteiger partial charge in [-0.1, -0.05) is 25.1 Å². The lowest BCUT2D eigenvalue weighted by molar-refractivity contribution is -0.122. The van der Waals surface area contributed by atoms with E-state index in [-0.39, 0.29) is 5.91 Å². The highest BCUT2D eigenvalue weighted by molar-refractivity contribution is 5.96. The standard InChI is InChI=1S/C17H23N3O3/c1-6-13(23-14-10-8-7-9-11(14)2)16(21)18-15-12(3)19-20(4)17(15)22-5/h7-10,13H,6H2,1-5H3,(H,18,21)/t13-/m0/s1. The number of amides is 1. The highest BCUT2D eigenvalue weighted by Crippen LogP contribution is 2.27. The van der Waals surface area contributed by atoms with Crippen molar-refractivity contribution in [3.05, 3.63) is 35.5 Å². The normalized spacial score (nSPS) is 11.9. The van der Waals surface area contributed by atoms with Crippen LogP contribution in [0.15, 0.2) is 24.3 Å². The molecule has 0 saturated carbocycles. The lowest BCUT2D eigenvalue weighted by Gasteiger charge is -2.18. The maximum Gasteiger partial charge on any atom is 0.265 e. The third-order valence-electron chi connectivity index (χ3n) is 3.64. The molecular formula is C17H23N3O3. The van der Waals surface area contributed by atoms with Gasteiger partial charge >= 0.3 is 0 Å². The molecule has 0 spiro atoms. The lowest BCUT2D eigenvalue weighted by Crippen LogP contribution is -2.32. The summed E-state index contributed by atoms with van der Waals surface area (Å²) in [4.78, 5) is 12.6. The number of hydrogen-bond acceptors (Lipinski definition) is 4. The van der Waals surface area contributed by atoms with Crippen LogP contribution in [-0.4, -0.2) is 28.9 Å². The maximum absolute atomic E-state index is 12.6. The summed E-state index contributed by atoms with van der Waals surface area (Å²) in [6.45, 7) is 5.69. The molecule has 1 atom stereocenters. The summed E-state index contributed by atoms with van der Waals surface area (Å²) in [6, 6.07) is 7.64. The van der Waals surface area contributed by atoms with Gasteiger partial charge < -0.3 is 14.8 Å². The van der Waals surface area contributed by atoms with Crippen molar-refractivity contribution in [2.75, 3.05) is 12.4 Å². The van der Waals surface area contributed by atoms with E-state index in [0.717, 1.165) is 5.56 Å². The quantitative estimate of drug-likeness (QED) is 0.890. The van der Waals surface area contributed by atoms with Crippen LogP contribution in [0, 0.1) is 13.8 Å². The van der Waals surface area contributed by atoms with Crippen molar-refractivity contribution in [1.29, 1.82) is 0 Å². The Balaban J connectivity index is 2.17. The molecule has 0 fully saturated rings. The van der Waals surface area contributed by atoms with Gasteiger partial charge in [0.1, 0.15) is 11.4 Å². The number of anilines is 1. The summed E-state index contributed by atoms with van der Waals surface area (Å²) in [5.41, 5.74) is 2.27. The zero-order valence-electron chi connectivity index (χ0n) is 14.2. The molecule has 0 aliphatic carbocycles. The van der Waals surface area contributed by atoms with Crippen LogP contribution < -0.4 is 14.8 Å². The SMILES string of the molecule is CC[C@H](Oc1ccccc1C)C(=O)Nc1c(C)nn(C)c1OC. The van der Waals surface area contributed by atoms with Crippen LogP contribution in [-0.2, 0) is 11.8 Å². The largest absolute Gasteiger partial charge is 0.480 e. The second-order valence-corrected chi connectivity index (χ2v) is 5.36. The molecule has 1 amide bonds. The first-order valence-corrected chi connectivity index (χ1v) is 7.58. The molecule has 0 aliphatic heterocycles. The molecule has 6 heteroatoms. The number of aromatic nitrogens is 2. The van der Waals surface area contributed by atoms with E-state index in [0.29, 0.717) is 29.4 Å². The Morgan fingerprint density at radius 3 is 2.65 bits per heavy atom. The van der Waals surface area contributed by atoms with E-state index in [9.17, 15) is 4.79 Å². The van der Waals surface area contributed by atoms with Crippen LogP contribution in [0.1, 0.15) is 24.6 Å². The first kappa shape index (κ1) is 16.9. The van der Waals surface area contributed by atoms with Gasteiger partial charge in [0.2, 0.25) is 5.88 Å². The third-order valence-corrected chi connectivity index (χ3v) is 3.64. The molecule has 1 aromatic heterocycles. The van der Waals surface area contributed by atoms with Crippen molar-refractivity contribution in [3.63, 3.8) is 0 Å². The Bertz CT molecular complexity index is 694. The van der Waals surface area contributed by atoms with Gasteiger partial charge in [-0.25, -0.2) is 4.68 Å². The number of nitrogens with one attached hydrogen (secondary N) is 1. The van der Waals surface area contributed by atoms with E-state index in [2.05, 4.69) is 10.4 Å². The number of carbonyl (C=O) groups is 1. The topological polar surface area (TPSA) is 65.4 Å². The van der Waals surface area contributed by atoms with Crippen LogP contribution in [0.25, 0.3) is 0 Å². The van der Waals surface area contributed by atoms with Gasteiger partial charge in [0.05, 0.1) is 12.8 Å². The molecular weight excluding hydrogens is 294 g/mol. The third kappa shape index (κ3) is 3.64. The summed E-state index contributed by atoms with van der Waals surface area (Å²) >= 11 is 0. The monoisotopic (exact) mass is 317 g/mol. The van der Waals surface area contributed by atoms with Crippen LogP contribution >= 0.6 is 0 Å². The van der Waals surface area contributed by atoms with Crippen molar-refractivity contribution < 1.29 is 14.3 Å². The van der Waals surface area contributed by atoms with Gasteiger partial charge in [-0.05, 0) is 31.9 Å². The minimum absolute atomic E-state index is 0.217. The summed E-state index contributed by atoms with van der Waals surface area (Å²) in [7, 11) is 3.32. The van der Waals surface area contributed by atoms with Gasteiger partial charge in [0.15, 0.2) is 6.10 Å². The molecule has 2 rings (SSSR count). The zero-order chi connectivity index (χ0) is 17.0. The first-order valence-electron chi connectivity index (χ1n) is 7.58. The molecule has 6 nitrogen and oxygen atoms in total. The molecule has 124 valence electrons. The molecule has 0 aliphatic rings. The van der Waals surface area contributed by atoms with E-state index >= 15 is 0 Å². The van der Waals surface area contributed by atoms with Gasteiger partial charge in [0, 0.05) is 7.05 Å². The number of benzene rings is 1. The minimum atomic E-state index is -0.583. The summed E-state index contributed by atoms with van der Waals surface area (Å²) in [6.07, 6.45) is -0.0256. The number of ether oxygens (including phenoxy) is 2. The molecule has 0 bridgehead atoms. The highest BCUT2D eigenvalue weighted by Gasteiger charge is 2.23. The van der Waals surface area contributed by atoms with E-state index < -0.39 is 6.10 Å². The average molecular weight is 317 g/mol. The summed E-state index contributed by atoms with van der Waals surface area (Å²) in [5.74, 6) is 1.01. The Hall–Kier alpha value is -2.50. The lowest BCUT2D eigenvalue weighted by atomic mass is 10.2. The highest BCUT2D eigenvalue weighted by atomic mass is 16.5. The van der Waals surface area contributed by atoms with Crippen molar-refractivity contribution in [3.8, 4) is 11.6 Å². The molecule has 0 radical (unpaired) electrons. The number of rotatable bonds is 6. The van der Waals surface area contributed by atoms with Crippen LogP contribution in [0.3, 0.4) is 0 Å². The van der Waals surface area contributed by atoms with Gasteiger partial charge in [-0.3, -0.25) is 4.79 Å². The number of carbonyl (C=O) groups excluding carboxylic acids is 1. The van der Waals surface area contributed by atoms with Crippen LogP contribution in [0.5, 0.6) is 11.6 Å². The maximum atomic E-state index is 12.6. The molecule has 0 unspecified atom stereocenters. The van der Waals surface area contributed by atoms with Crippen molar-refractivity contribution >= 4 is 11.6 Å². The fraction of sp³-hybridized carbons (Fsp3) is 0.412. The molecule has 2 aromatic rings. The fourth-order valence-electron chi connectivity index (χ4n) is 2.38. The van der Waals surface area contributed by atoms with E-state index in [1.54, 1.807) is 18.8 Å².